The van der Waals surface area contributed by atoms with Gasteiger partial charge in [-0.25, -0.2) is 4.39 Å². The third-order valence-electron chi connectivity index (χ3n) is 6.24. The summed E-state index contributed by atoms with van der Waals surface area (Å²) < 4.78 is 16.2. The molecule has 4 heterocycles. The number of hydrogen-bond acceptors (Lipinski definition) is 5. The maximum atomic E-state index is 14.5. The number of hydrogen-bond donors (Lipinski definition) is 2. The number of halogens is 1. The molecule has 5 rings (SSSR count). The zero-order chi connectivity index (χ0) is 24.1. The molecule has 0 atom stereocenters. The Bertz CT molecular complexity index is 1350. The van der Waals surface area contributed by atoms with E-state index in [9.17, 15) is 14.0 Å². The van der Waals surface area contributed by atoms with Crippen molar-refractivity contribution in [1.29, 1.82) is 0 Å². The molecule has 2 amide bonds. The number of allylic oxidation sites excluding steroid dienone is 1. The van der Waals surface area contributed by atoms with Gasteiger partial charge in [-0.15, -0.1) is 0 Å². The number of aryl methyl sites for hydroxylation is 1. The van der Waals surface area contributed by atoms with Crippen LogP contribution < -0.4 is 10.6 Å². The van der Waals surface area contributed by atoms with Gasteiger partial charge in [0.2, 0.25) is 5.91 Å². The lowest BCUT2D eigenvalue weighted by Crippen LogP contribution is -2.43. The Morgan fingerprint density at radius 1 is 1.21 bits per heavy atom. The third-order valence-corrected chi connectivity index (χ3v) is 6.24. The molecule has 2 N–H and O–H groups in total. The van der Waals surface area contributed by atoms with Crippen molar-refractivity contribution >= 4 is 28.9 Å². The van der Waals surface area contributed by atoms with Crippen LogP contribution in [0.5, 0.6) is 0 Å². The summed E-state index contributed by atoms with van der Waals surface area (Å²) >= 11 is 0. The molecule has 9 heteroatoms. The number of carbonyl (C=O) groups is 2. The van der Waals surface area contributed by atoms with E-state index in [1.165, 1.54) is 6.07 Å². The van der Waals surface area contributed by atoms with E-state index in [4.69, 9.17) is 0 Å². The summed E-state index contributed by atoms with van der Waals surface area (Å²) in [5.74, 6) is -0.0493. The fraction of sp³-hybridized carbons (Fsp3) is 0.280. The standard InChI is InChI=1S/C25H25FN6O2/c1-13(2)31-11-16-8-21(30-32(16)12-22(31)33)28-15(4)24-17-9-19(27-10-20(17)29-25(24)34)23-14(3)6-5-7-18(23)26/h5-10,13H,11-12H2,1-4H3,(H,28,30)(H,29,34)/b24-15-. The lowest BCUT2D eigenvalue weighted by atomic mass is 10.00. The average Bonchev–Trinajstić information content (AvgIpc) is 3.31. The van der Waals surface area contributed by atoms with Crippen LogP contribution in [0.15, 0.2) is 42.2 Å². The highest BCUT2D eigenvalue weighted by atomic mass is 19.1. The Kier molecular flexibility index (Phi) is 5.19. The van der Waals surface area contributed by atoms with Crippen molar-refractivity contribution in [3.63, 3.8) is 0 Å². The minimum atomic E-state index is -0.362. The molecule has 0 aliphatic carbocycles. The summed E-state index contributed by atoms with van der Waals surface area (Å²) in [7, 11) is 0. The summed E-state index contributed by atoms with van der Waals surface area (Å²) in [5.41, 5.74) is 4.82. The van der Waals surface area contributed by atoms with E-state index >= 15 is 0 Å². The second-order valence-electron chi connectivity index (χ2n) is 8.92. The molecule has 1 aromatic carbocycles. The molecule has 0 fully saturated rings. The van der Waals surface area contributed by atoms with Gasteiger partial charge in [0.05, 0.1) is 35.4 Å². The molecule has 3 aromatic rings. The molecule has 0 spiro atoms. The lowest BCUT2D eigenvalue weighted by Gasteiger charge is -2.30. The van der Waals surface area contributed by atoms with Crippen molar-refractivity contribution in [2.45, 2.75) is 46.8 Å². The highest BCUT2D eigenvalue weighted by Gasteiger charge is 2.29. The van der Waals surface area contributed by atoms with Crippen LogP contribution >= 0.6 is 0 Å². The van der Waals surface area contributed by atoms with Gasteiger partial charge in [0, 0.05) is 28.9 Å². The van der Waals surface area contributed by atoms with Gasteiger partial charge in [-0.2, -0.15) is 5.10 Å². The van der Waals surface area contributed by atoms with Crippen LogP contribution in [0.4, 0.5) is 15.9 Å². The zero-order valence-corrected chi connectivity index (χ0v) is 19.4. The first-order valence-electron chi connectivity index (χ1n) is 11.1. The molecule has 2 aliphatic heterocycles. The van der Waals surface area contributed by atoms with E-state index in [1.54, 1.807) is 29.9 Å². The van der Waals surface area contributed by atoms with Crippen molar-refractivity contribution in [2.75, 3.05) is 10.6 Å². The van der Waals surface area contributed by atoms with E-state index < -0.39 is 0 Å². The zero-order valence-electron chi connectivity index (χ0n) is 19.4. The molecule has 34 heavy (non-hydrogen) atoms. The van der Waals surface area contributed by atoms with Gasteiger partial charge in [-0.1, -0.05) is 12.1 Å². The van der Waals surface area contributed by atoms with Crippen LogP contribution in [0.3, 0.4) is 0 Å². The summed E-state index contributed by atoms with van der Waals surface area (Å²) in [6.45, 7) is 8.26. The number of nitrogens with zero attached hydrogens (tertiary/aromatic N) is 4. The molecule has 0 saturated heterocycles. The van der Waals surface area contributed by atoms with Crippen molar-refractivity contribution in [3.05, 3.63) is 64.9 Å². The second-order valence-corrected chi connectivity index (χ2v) is 8.92. The predicted molar refractivity (Wildman–Crippen MR) is 127 cm³/mol. The molecule has 2 aromatic heterocycles. The fourth-order valence-electron chi connectivity index (χ4n) is 4.52. The Labute approximate surface area is 196 Å². The van der Waals surface area contributed by atoms with Crippen LogP contribution in [0.1, 0.15) is 37.6 Å². The summed E-state index contributed by atoms with van der Waals surface area (Å²) in [4.78, 5) is 31.4. The van der Waals surface area contributed by atoms with E-state index in [-0.39, 0.29) is 30.2 Å². The SMILES string of the molecule is C/C(Nc1cc2n(n1)CC(=O)N(C(C)C)C2)=C1/C(=O)Nc2cnc(-c3c(C)cccc3F)cc21. The normalized spacial score (nSPS) is 16.5. The third kappa shape index (κ3) is 3.63. The van der Waals surface area contributed by atoms with Crippen LogP contribution in [0, 0.1) is 12.7 Å². The van der Waals surface area contributed by atoms with Gasteiger partial charge in [-0.3, -0.25) is 19.3 Å². The largest absolute Gasteiger partial charge is 0.342 e. The first kappa shape index (κ1) is 21.8. The quantitative estimate of drug-likeness (QED) is 0.576. The van der Waals surface area contributed by atoms with Crippen LogP contribution in [0.25, 0.3) is 16.8 Å². The fourth-order valence-corrected chi connectivity index (χ4v) is 4.52. The number of fused-ring (bicyclic) bond motifs is 2. The van der Waals surface area contributed by atoms with E-state index in [0.29, 0.717) is 46.1 Å². The molecule has 0 bridgehead atoms. The van der Waals surface area contributed by atoms with E-state index in [1.807, 2.05) is 37.8 Å². The number of rotatable bonds is 4. The maximum absolute atomic E-state index is 14.5. The monoisotopic (exact) mass is 460 g/mol. The lowest BCUT2D eigenvalue weighted by molar-refractivity contribution is -0.136. The Morgan fingerprint density at radius 2 is 2.00 bits per heavy atom. The summed E-state index contributed by atoms with van der Waals surface area (Å²) in [6.07, 6.45) is 1.55. The minimum Gasteiger partial charge on any atom is -0.342 e. The van der Waals surface area contributed by atoms with Crippen LogP contribution in [-0.4, -0.2) is 37.5 Å². The van der Waals surface area contributed by atoms with Crippen LogP contribution in [-0.2, 0) is 22.7 Å². The number of anilines is 2. The van der Waals surface area contributed by atoms with Gasteiger partial charge in [0.15, 0.2) is 5.82 Å². The number of amides is 2. The van der Waals surface area contributed by atoms with Crippen molar-refractivity contribution in [1.82, 2.24) is 19.7 Å². The number of nitrogens with one attached hydrogen (secondary N) is 2. The molecular formula is C25H25FN6O2. The predicted octanol–water partition coefficient (Wildman–Crippen LogP) is 3.94. The highest BCUT2D eigenvalue weighted by molar-refractivity contribution is 6.32. The molecule has 0 unspecified atom stereocenters. The van der Waals surface area contributed by atoms with E-state index in [0.717, 1.165) is 11.3 Å². The minimum absolute atomic E-state index is 0.0276. The summed E-state index contributed by atoms with van der Waals surface area (Å²) in [6, 6.07) is 8.61. The molecule has 8 nitrogen and oxygen atoms in total. The second kappa shape index (κ2) is 8.09. The van der Waals surface area contributed by atoms with Gasteiger partial charge in [0.1, 0.15) is 12.4 Å². The Morgan fingerprint density at radius 3 is 2.74 bits per heavy atom. The smallest absolute Gasteiger partial charge is 0.258 e. The van der Waals surface area contributed by atoms with Gasteiger partial charge < -0.3 is 15.5 Å². The summed E-state index contributed by atoms with van der Waals surface area (Å²) in [5, 5.41) is 10.5. The topological polar surface area (TPSA) is 92.2 Å². The van der Waals surface area contributed by atoms with Gasteiger partial charge in [0.25, 0.3) is 5.91 Å². The number of carbonyl (C=O) groups excluding carboxylic acids is 2. The number of benzene rings is 1. The van der Waals surface area contributed by atoms with Crippen LogP contribution in [0.2, 0.25) is 0 Å². The van der Waals surface area contributed by atoms with Gasteiger partial charge >= 0.3 is 0 Å². The van der Waals surface area contributed by atoms with Gasteiger partial charge in [-0.05, 0) is 45.4 Å². The molecular weight excluding hydrogens is 435 g/mol. The first-order valence-corrected chi connectivity index (χ1v) is 11.1. The molecule has 174 valence electrons. The Balaban J connectivity index is 1.49. The van der Waals surface area contributed by atoms with Crippen molar-refractivity contribution < 1.29 is 14.0 Å². The molecule has 2 aliphatic rings. The maximum Gasteiger partial charge on any atom is 0.258 e. The number of aromatic nitrogens is 3. The Hall–Kier alpha value is -4.01. The average molecular weight is 461 g/mol. The number of pyridine rings is 1. The van der Waals surface area contributed by atoms with Crippen molar-refractivity contribution in [2.24, 2.45) is 0 Å². The molecule has 0 saturated carbocycles. The first-order chi connectivity index (χ1) is 16.2. The molecule has 0 radical (unpaired) electrons. The van der Waals surface area contributed by atoms with Crippen molar-refractivity contribution in [3.8, 4) is 11.3 Å². The van der Waals surface area contributed by atoms with E-state index in [2.05, 4.69) is 20.7 Å². The highest BCUT2D eigenvalue weighted by Crippen LogP contribution is 2.37.